The number of carbonyl (C=O) groups excluding carboxylic acids is 1. The number of rotatable bonds is 4. The van der Waals surface area contributed by atoms with Crippen molar-refractivity contribution in [1.82, 2.24) is 9.88 Å². The second-order valence-corrected chi connectivity index (χ2v) is 6.82. The predicted octanol–water partition coefficient (Wildman–Crippen LogP) is 4.09. The van der Waals surface area contributed by atoms with Crippen LogP contribution in [-0.4, -0.2) is 35.9 Å². The first kappa shape index (κ1) is 22.9. The third-order valence-electron chi connectivity index (χ3n) is 5.19. The van der Waals surface area contributed by atoms with E-state index in [1.165, 1.54) is 49.7 Å². The van der Waals surface area contributed by atoms with Crippen LogP contribution in [0.5, 0.6) is 5.75 Å². The molecule has 0 radical (unpaired) electrons. The van der Waals surface area contributed by atoms with E-state index < -0.39 is 23.1 Å². The minimum atomic E-state index is -1.54. The highest BCUT2D eigenvalue weighted by Crippen LogP contribution is 2.41. The number of pyridine rings is 1. The highest BCUT2D eigenvalue weighted by Gasteiger charge is 2.49. The molecule has 0 saturated heterocycles. The highest BCUT2D eigenvalue weighted by atomic mass is 19.1. The molecule has 1 aliphatic heterocycles. The van der Waals surface area contributed by atoms with Gasteiger partial charge in [0.25, 0.3) is 5.91 Å². The van der Waals surface area contributed by atoms with E-state index in [2.05, 4.69) is 9.98 Å². The van der Waals surface area contributed by atoms with Crippen LogP contribution >= 0.6 is 0 Å². The first-order valence-electron chi connectivity index (χ1n) is 10.1. The average molecular weight is 438 g/mol. The minimum Gasteiger partial charge on any atom is -0.497 e. The summed E-state index contributed by atoms with van der Waals surface area (Å²) in [5.74, 6) is -1.06. The second kappa shape index (κ2) is 9.13. The van der Waals surface area contributed by atoms with Gasteiger partial charge in [-0.15, -0.1) is 0 Å². The summed E-state index contributed by atoms with van der Waals surface area (Å²) in [6, 6.07) is 12.0. The molecule has 8 heteroatoms. The zero-order valence-electron chi connectivity index (χ0n) is 18.3. The Balaban J connectivity index is 0.00000141. The summed E-state index contributed by atoms with van der Waals surface area (Å²) in [6.45, 7) is 4.00. The summed E-state index contributed by atoms with van der Waals surface area (Å²) >= 11 is 0. The lowest BCUT2D eigenvalue weighted by atomic mass is 9.81. The van der Waals surface area contributed by atoms with Crippen LogP contribution < -0.4 is 10.5 Å². The topological polar surface area (TPSA) is 80.8 Å². The van der Waals surface area contributed by atoms with E-state index in [9.17, 15) is 13.6 Å². The zero-order valence-corrected chi connectivity index (χ0v) is 18.3. The number of amides is 1. The monoisotopic (exact) mass is 438 g/mol. The molecule has 1 aromatic heterocycles. The number of guanidine groups is 1. The number of methoxy groups -OCH3 is 1. The Bertz CT molecular complexity index is 1160. The van der Waals surface area contributed by atoms with Gasteiger partial charge in [0.05, 0.1) is 7.11 Å². The van der Waals surface area contributed by atoms with Gasteiger partial charge in [0.15, 0.2) is 11.5 Å². The van der Waals surface area contributed by atoms with Crippen molar-refractivity contribution in [3.8, 4) is 16.9 Å². The molecule has 3 aromatic rings. The highest BCUT2D eigenvalue weighted by molar-refractivity contribution is 6.09. The average Bonchev–Trinajstić information content (AvgIpc) is 3.06. The van der Waals surface area contributed by atoms with Gasteiger partial charge >= 0.3 is 0 Å². The number of ether oxygens (including phenoxy) is 1. The van der Waals surface area contributed by atoms with Crippen LogP contribution in [0, 0.1) is 11.6 Å². The Morgan fingerprint density at radius 1 is 0.969 bits per heavy atom. The SMILES string of the molecule is CC.COc1ccc(C2(c3ccc(F)c(-c4cnccc4F)c3)N=C(N)N(C)C2=O)cc1. The molecule has 0 fully saturated rings. The van der Waals surface area contributed by atoms with Gasteiger partial charge in [-0.1, -0.05) is 32.0 Å². The van der Waals surface area contributed by atoms with E-state index in [1.54, 1.807) is 24.3 Å². The molecule has 0 aliphatic carbocycles. The Hall–Kier alpha value is -3.81. The van der Waals surface area contributed by atoms with E-state index >= 15 is 0 Å². The predicted molar refractivity (Wildman–Crippen MR) is 119 cm³/mol. The van der Waals surface area contributed by atoms with Crippen LogP contribution in [0.4, 0.5) is 8.78 Å². The van der Waals surface area contributed by atoms with Crippen molar-refractivity contribution in [3.63, 3.8) is 0 Å². The van der Waals surface area contributed by atoms with Crippen molar-refractivity contribution in [2.45, 2.75) is 19.4 Å². The number of nitrogens with zero attached hydrogens (tertiary/aromatic N) is 3. The number of likely N-dealkylation sites (N-methyl/N-ethyl adjacent to an activating group) is 1. The fourth-order valence-electron chi connectivity index (χ4n) is 3.55. The molecule has 6 nitrogen and oxygen atoms in total. The smallest absolute Gasteiger partial charge is 0.266 e. The van der Waals surface area contributed by atoms with Gasteiger partial charge in [-0.2, -0.15) is 0 Å². The fourth-order valence-corrected chi connectivity index (χ4v) is 3.55. The van der Waals surface area contributed by atoms with Crippen molar-refractivity contribution in [2.75, 3.05) is 14.2 Å². The molecule has 2 heterocycles. The molecule has 2 N–H and O–H groups in total. The maximum absolute atomic E-state index is 14.6. The van der Waals surface area contributed by atoms with E-state index in [4.69, 9.17) is 10.5 Å². The molecule has 166 valence electrons. The molecule has 0 saturated carbocycles. The van der Waals surface area contributed by atoms with Gasteiger partial charge in [-0.25, -0.2) is 13.8 Å². The summed E-state index contributed by atoms with van der Waals surface area (Å²) in [7, 11) is 3.04. The second-order valence-electron chi connectivity index (χ2n) is 6.82. The Morgan fingerprint density at radius 2 is 1.59 bits per heavy atom. The standard InChI is InChI=1S/C22H18F2N4O2.C2H6/c1-28-20(29)22(27-21(28)25,13-3-6-15(30-2)7-4-13)14-5-8-18(23)16(11-14)17-12-26-10-9-19(17)24;1-2/h3-12H,1-2H3,(H2,25,27);1-2H3. The maximum atomic E-state index is 14.6. The van der Waals surface area contributed by atoms with Crippen LogP contribution in [0.3, 0.4) is 0 Å². The lowest BCUT2D eigenvalue weighted by Crippen LogP contribution is -2.41. The van der Waals surface area contributed by atoms with Crippen molar-refractivity contribution >= 4 is 11.9 Å². The third kappa shape index (κ3) is 3.68. The summed E-state index contributed by atoms with van der Waals surface area (Å²) in [5, 5.41) is 0. The summed E-state index contributed by atoms with van der Waals surface area (Å²) in [5.41, 5.74) is 5.26. The molecule has 32 heavy (non-hydrogen) atoms. The molecular weight excluding hydrogens is 414 g/mol. The largest absolute Gasteiger partial charge is 0.497 e. The molecule has 0 bridgehead atoms. The van der Waals surface area contributed by atoms with Crippen LogP contribution in [0.15, 0.2) is 65.9 Å². The first-order chi connectivity index (χ1) is 15.4. The van der Waals surface area contributed by atoms with Crippen LogP contribution in [0.25, 0.3) is 11.1 Å². The Labute approximate surface area is 185 Å². The van der Waals surface area contributed by atoms with Gasteiger partial charge in [0.2, 0.25) is 0 Å². The normalized spacial score (nSPS) is 17.5. The number of carbonyl (C=O) groups is 1. The minimum absolute atomic E-state index is 0.0162. The van der Waals surface area contributed by atoms with E-state index in [1.807, 2.05) is 13.8 Å². The molecule has 2 aromatic carbocycles. The Kier molecular flexibility index (Phi) is 6.53. The number of aromatic nitrogens is 1. The van der Waals surface area contributed by atoms with Gasteiger partial charge in [0, 0.05) is 30.6 Å². The number of nitrogens with two attached hydrogens (primary N) is 1. The Morgan fingerprint density at radius 3 is 2.16 bits per heavy atom. The van der Waals surface area contributed by atoms with Crippen molar-refractivity contribution in [3.05, 3.63) is 83.7 Å². The number of aliphatic imine (C=N–C) groups is 1. The summed E-state index contributed by atoms with van der Waals surface area (Å²) < 4.78 is 34.1. The lowest BCUT2D eigenvalue weighted by molar-refractivity contribution is -0.129. The molecule has 0 spiro atoms. The first-order valence-corrected chi connectivity index (χ1v) is 10.1. The number of benzene rings is 2. The van der Waals surface area contributed by atoms with E-state index in [0.29, 0.717) is 16.9 Å². The molecule has 1 amide bonds. The third-order valence-corrected chi connectivity index (χ3v) is 5.19. The zero-order chi connectivity index (χ0) is 23.5. The molecule has 1 unspecified atom stereocenters. The molecule has 4 rings (SSSR count). The maximum Gasteiger partial charge on any atom is 0.266 e. The lowest BCUT2D eigenvalue weighted by Gasteiger charge is -2.27. The fraction of sp³-hybridized carbons (Fsp3) is 0.208. The van der Waals surface area contributed by atoms with Crippen LogP contribution in [-0.2, 0) is 10.3 Å². The number of hydrogen-bond acceptors (Lipinski definition) is 5. The summed E-state index contributed by atoms with van der Waals surface area (Å²) in [6.07, 6.45) is 2.51. The van der Waals surface area contributed by atoms with Crippen molar-refractivity contribution < 1.29 is 18.3 Å². The molecule has 1 aliphatic rings. The van der Waals surface area contributed by atoms with Gasteiger partial charge in [-0.05, 0) is 41.5 Å². The van der Waals surface area contributed by atoms with Gasteiger partial charge in [-0.3, -0.25) is 14.7 Å². The number of hydrogen-bond donors (Lipinski definition) is 1. The molecule has 1 atom stereocenters. The summed E-state index contributed by atoms with van der Waals surface area (Å²) in [4.78, 5) is 22.9. The van der Waals surface area contributed by atoms with Gasteiger partial charge in [0.1, 0.15) is 17.4 Å². The number of halogens is 2. The molecular formula is C24H24F2N4O2. The van der Waals surface area contributed by atoms with Gasteiger partial charge < -0.3 is 10.5 Å². The van der Waals surface area contributed by atoms with Crippen molar-refractivity contribution in [1.29, 1.82) is 0 Å². The van der Waals surface area contributed by atoms with E-state index in [-0.39, 0.29) is 17.1 Å². The van der Waals surface area contributed by atoms with Crippen LogP contribution in [0.2, 0.25) is 0 Å². The van der Waals surface area contributed by atoms with E-state index in [0.717, 1.165) is 6.07 Å². The quantitative estimate of drug-likeness (QED) is 0.665. The van der Waals surface area contributed by atoms with Crippen molar-refractivity contribution in [2.24, 2.45) is 10.7 Å². The van der Waals surface area contributed by atoms with Crippen LogP contribution in [0.1, 0.15) is 25.0 Å².